The van der Waals surface area contributed by atoms with Gasteiger partial charge in [0, 0.05) is 42.9 Å². The predicted octanol–water partition coefficient (Wildman–Crippen LogP) is 9.70. The van der Waals surface area contributed by atoms with Crippen LogP contribution >= 0.6 is 0 Å². The number of halogens is 6. The average Bonchev–Trinajstić information content (AvgIpc) is 3.42. The van der Waals surface area contributed by atoms with E-state index in [9.17, 15) is 40.7 Å². The first-order valence-electron chi connectivity index (χ1n) is 19.3. The number of benzene rings is 2. The van der Waals surface area contributed by atoms with E-state index in [0.717, 1.165) is 76.3 Å². The molecule has 2 fully saturated rings. The summed E-state index contributed by atoms with van der Waals surface area (Å²) in [6.07, 6.45) is 0.194. The zero-order chi connectivity index (χ0) is 40.1. The van der Waals surface area contributed by atoms with Crippen LogP contribution in [0.3, 0.4) is 0 Å². The smallest absolute Gasteiger partial charge is 0.397 e. The average molecular weight is 768 g/mol. The first-order chi connectivity index (χ1) is 25.3. The maximum atomic E-state index is 13.8. The topological polar surface area (TPSA) is 99.0 Å². The van der Waals surface area contributed by atoms with Gasteiger partial charge in [0.15, 0.2) is 0 Å². The van der Waals surface area contributed by atoms with Gasteiger partial charge in [0.2, 0.25) is 5.91 Å². The number of carbonyl (C=O) groups excluding carboxylic acids is 3. The monoisotopic (exact) mass is 767 g/mol. The van der Waals surface area contributed by atoms with E-state index < -0.39 is 35.3 Å². The molecule has 3 aliphatic rings. The molecule has 8 nitrogen and oxygen atoms in total. The van der Waals surface area contributed by atoms with Crippen LogP contribution in [0.2, 0.25) is 0 Å². The van der Waals surface area contributed by atoms with Crippen molar-refractivity contribution in [2.75, 3.05) is 29.0 Å². The van der Waals surface area contributed by atoms with Gasteiger partial charge in [0.05, 0.1) is 40.0 Å². The molecule has 0 spiro atoms. The molecule has 1 heterocycles. The molecule has 3 N–H and O–H groups in total. The number of amides is 3. The Balaban J connectivity index is 0.000000241. The van der Waals surface area contributed by atoms with Crippen molar-refractivity contribution in [1.82, 2.24) is 9.80 Å². The van der Waals surface area contributed by atoms with Crippen molar-refractivity contribution in [2.45, 2.75) is 149 Å². The minimum Gasteiger partial charge on any atom is -0.397 e. The van der Waals surface area contributed by atoms with Crippen LogP contribution in [0.25, 0.3) is 0 Å². The van der Waals surface area contributed by atoms with Gasteiger partial charge in [-0.2, -0.15) is 26.3 Å². The fraction of sp³-hybridized carbons (Fsp3) is 0.625. The third-order valence-corrected chi connectivity index (χ3v) is 10.6. The van der Waals surface area contributed by atoms with Gasteiger partial charge >= 0.3 is 12.4 Å². The number of hydrogen-bond donors (Lipinski definition) is 2. The number of anilines is 3. The van der Waals surface area contributed by atoms with Gasteiger partial charge in [-0.25, -0.2) is 0 Å². The van der Waals surface area contributed by atoms with E-state index in [4.69, 9.17) is 5.73 Å². The van der Waals surface area contributed by atoms with Crippen molar-refractivity contribution in [3.8, 4) is 0 Å². The van der Waals surface area contributed by atoms with Gasteiger partial charge in [-0.3, -0.25) is 14.4 Å². The fourth-order valence-corrected chi connectivity index (χ4v) is 8.19. The summed E-state index contributed by atoms with van der Waals surface area (Å²) in [5.74, 6) is -1.41. The number of nitrogens with zero attached hydrogens (tertiary/aromatic N) is 3. The van der Waals surface area contributed by atoms with Crippen LogP contribution in [0, 0.1) is 0 Å². The Hall–Kier alpha value is -3.97. The second kappa shape index (κ2) is 17.7. The Morgan fingerprint density at radius 1 is 0.759 bits per heavy atom. The molecule has 0 aromatic heterocycles. The SMILES string of the molecule is CCN1C(=O)Cc2cc(C(=O)N(C(C)C)C3CCCCC3)c(C(F)(F)F)cc21.CCNc1cc(C(F)(F)F)c(C(=O)N(C(C)C)C2CCCCC2)cc1N. The lowest BCUT2D eigenvalue weighted by molar-refractivity contribution is -0.138. The highest BCUT2D eigenvalue weighted by Gasteiger charge is 2.42. The Bertz CT molecular complexity index is 1650. The second-order valence-electron chi connectivity index (χ2n) is 15.0. The quantitative estimate of drug-likeness (QED) is 0.196. The Labute approximate surface area is 314 Å². The van der Waals surface area contributed by atoms with Gasteiger partial charge in [-0.1, -0.05) is 38.5 Å². The molecule has 300 valence electrons. The number of likely N-dealkylation sites (N-methyl/N-ethyl adjacent to an activating group) is 1. The van der Waals surface area contributed by atoms with E-state index in [1.807, 2.05) is 27.7 Å². The summed E-state index contributed by atoms with van der Waals surface area (Å²) in [5.41, 5.74) is 4.43. The number of hydrogen-bond acceptors (Lipinski definition) is 5. The zero-order valence-electron chi connectivity index (χ0n) is 32.2. The number of alkyl halides is 6. The van der Waals surface area contributed by atoms with Gasteiger partial charge < -0.3 is 25.8 Å². The van der Waals surface area contributed by atoms with Gasteiger partial charge in [0.25, 0.3) is 11.8 Å². The summed E-state index contributed by atoms with van der Waals surface area (Å²) in [6.45, 7) is 11.6. The summed E-state index contributed by atoms with van der Waals surface area (Å²) < 4.78 is 82.4. The summed E-state index contributed by atoms with van der Waals surface area (Å²) in [6, 6.07) is 3.96. The van der Waals surface area contributed by atoms with Crippen LogP contribution in [0.15, 0.2) is 24.3 Å². The van der Waals surface area contributed by atoms with E-state index in [1.54, 1.807) is 23.6 Å². The number of carbonyl (C=O) groups is 3. The highest BCUT2D eigenvalue weighted by molar-refractivity contribution is 6.04. The molecule has 3 amide bonds. The molecule has 54 heavy (non-hydrogen) atoms. The van der Waals surface area contributed by atoms with Gasteiger partial charge in [-0.15, -0.1) is 0 Å². The molecule has 0 saturated heterocycles. The van der Waals surface area contributed by atoms with Crippen molar-refractivity contribution in [3.05, 3.63) is 52.1 Å². The molecular formula is C40H55F6N5O3. The maximum Gasteiger partial charge on any atom is 0.417 e. The normalized spacial score (nSPS) is 17.0. The maximum absolute atomic E-state index is 13.8. The Morgan fingerprint density at radius 3 is 1.61 bits per heavy atom. The lowest BCUT2D eigenvalue weighted by atomic mass is 9.92. The van der Waals surface area contributed by atoms with Crippen LogP contribution in [0.1, 0.15) is 143 Å². The van der Waals surface area contributed by atoms with E-state index in [0.29, 0.717) is 18.7 Å². The molecule has 0 bridgehead atoms. The first-order valence-corrected chi connectivity index (χ1v) is 19.3. The van der Waals surface area contributed by atoms with Crippen LogP contribution in [-0.2, 0) is 23.6 Å². The molecule has 2 aliphatic carbocycles. The highest BCUT2D eigenvalue weighted by atomic mass is 19.4. The third kappa shape index (κ3) is 9.63. The number of nitrogens with one attached hydrogen (secondary N) is 1. The predicted molar refractivity (Wildman–Crippen MR) is 200 cm³/mol. The van der Waals surface area contributed by atoms with E-state index in [1.165, 1.54) is 17.0 Å². The van der Waals surface area contributed by atoms with Crippen molar-refractivity contribution >= 4 is 34.8 Å². The van der Waals surface area contributed by atoms with Crippen molar-refractivity contribution in [1.29, 1.82) is 0 Å². The van der Waals surface area contributed by atoms with Crippen molar-refractivity contribution in [3.63, 3.8) is 0 Å². The summed E-state index contributed by atoms with van der Waals surface area (Å²) in [5, 5.41) is 2.82. The standard InChI is InChI=1S/C21H27F3N2O2.C19H28F3N3O/c1-4-25-18-12-17(21(22,23)24)16(10-14(18)11-19(25)27)20(28)26(13(2)3)15-8-6-5-7-9-15;1-4-24-17-11-15(19(20,21)22)14(10-16(17)23)18(26)25(12(2)3)13-8-6-5-7-9-13/h10,12-13,15H,4-9,11H2,1-3H3;10-13,24H,4-9,23H2,1-3H3. The Kier molecular flexibility index (Phi) is 14.0. The molecule has 0 radical (unpaired) electrons. The molecule has 14 heteroatoms. The molecule has 1 aliphatic heterocycles. The second-order valence-corrected chi connectivity index (χ2v) is 15.0. The van der Waals surface area contributed by atoms with Crippen molar-refractivity contribution < 1.29 is 40.7 Å². The molecule has 0 atom stereocenters. The van der Waals surface area contributed by atoms with Crippen molar-refractivity contribution in [2.24, 2.45) is 0 Å². The van der Waals surface area contributed by atoms with Crippen LogP contribution < -0.4 is 16.0 Å². The lowest BCUT2D eigenvalue weighted by Crippen LogP contribution is -2.46. The summed E-state index contributed by atoms with van der Waals surface area (Å²) in [4.78, 5) is 43.2. The third-order valence-electron chi connectivity index (χ3n) is 10.6. The van der Waals surface area contributed by atoms with E-state index >= 15 is 0 Å². The minimum atomic E-state index is -4.67. The molecule has 5 rings (SSSR count). The van der Waals surface area contributed by atoms with E-state index in [2.05, 4.69) is 5.32 Å². The first kappa shape index (κ1) is 42.8. The summed E-state index contributed by atoms with van der Waals surface area (Å²) >= 11 is 0. The zero-order valence-corrected chi connectivity index (χ0v) is 32.2. The fourth-order valence-electron chi connectivity index (χ4n) is 8.19. The Morgan fingerprint density at radius 2 is 1.20 bits per heavy atom. The molecular weight excluding hydrogens is 712 g/mol. The molecule has 2 aromatic carbocycles. The largest absolute Gasteiger partial charge is 0.417 e. The minimum absolute atomic E-state index is 0.0213. The number of nitrogens with two attached hydrogens (primary N) is 1. The lowest BCUT2D eigenvalue weighted by Gasteiger charge is -2.38. The summed E-state index contributed by atoms with van der Waals surface area (Å²) in [7, 11) is 0. The van der Waals surface area contributed by atoms with Crippen LogP contribution in [0.5, 0.6) is 0 Å². The molecule has 2 aromatic rings. The number of rotatable bonds is 9. The molecule has 2 saturated carbocycles. The highest BCUT2D eigenvalue weighted by Crippen LogP contribution is 2.41. The molecule has 0 unspecified atom stereocenters. The number of nitrogen functional groups attached to an aromatic ring is 1. The van der Waals surface area contributed by atoms with Gasteiger partial charge in [-0.05, 0) is 97.1 Å². The number of fused-ring (bicyclic) bond motifs is 1. The van der Waals surface area contributed by atoms with Crippen LogP contribution in [0.4, 0.5) is 43.4 Å². The van der Waals surface area contributed by atoms with Crippen LogP contribution in [-0.4, -0.2) is 64.8 Å². The van der Waals surface area contributed by atoms with Gasteiger partial charge in [0.1, 0.15) is 0 Å². The van der Waals surface area contributed by atoms with E-state index in [-0.39, 0.29) is 64.7 Å².